The first-order valence-corrected chi connectivity index (χ1v) is 7.07. The molecule has 1 fully saturated rings. The van der Waals surface area contributed by atoms with Gasteiger partial charge in [-0.2, -0.15) is 0 Å². The second kappa shape index (κ2) is 5.41. The van der Waals surface area contributed by atoms with Crippen molar-refractivity contribution in [3.05, 3.63) is 35.9 Å². The SMILES string of the molecule is CC(C)(C)N1CCCCC(N)C1c1ccccc1. The van der Waals surface area contributed by atoms with Crippen molar-refractivity contribution in [2.24, 2.45) is 5.73 Å². The minimum absolute atomic E-state index is 0.169. The average molecular weight is 246 g/mol. The van der Waals surface area contributed by atoms with Crippen molar-refractivity contribution in [2.45, 2.75) is 57.7 Å². The summed E-state index contributed by atoms with van der Waals surface area (Å²) in [7, 11) is 0. The molecule has 0 bridgehead atoms. The summed E-state index contributed by atoms with van der Waals surface area (Å²) in [5, 5.41) is 0. The molecule has 0 aliphatic carbocycles. The third kappa shape index (κ3) is 2.93. The molecule has 2 N–H and O–H groups in total. The van der Waals surface area contributed by atoms with Crippen molar-refractivity contribution in [2.75, 3.05) is 6.54 Å². The molecule has 0 radical (unpaired) electrons. The van der Waals surface area contributed by atoms with Crippen molar-refractivity contribution in [3.63, 3.8) is 0 Å². The van der Waals surface area contributed by atoms with Crippen LogP contribution in [0.5, 0.6) is 0 Å². The predicted molar refractivity (Wildman–Crippen MR) is 77.5 cm³/mol. The number of benzene rings is 1. The minimum atomic E-state index is 0.169. The molecule has 1 aliphatic heterocycles. The van der Waals surface area contributed by atoms with E-state index in [2.05, 4.69) is 56.0 Å². The summed E-state index contributed by atoms with van der Waals surface area (Å²) < 4.78 is 0. The molecule has 1 aliphatic rings. The lowest BCUT2D eigenvalue weighted by Crippen LogP contribution is -2.49. The van der Waals surface area contributed by atoms with Crippen LogP contribution in [0, 0.1) is 0 Å². The Bertz CT molecular complexity index is 366. The van der Waals surface area contributed by atoms with E-state index in [9.17, 15) is 0 Å². The van der Waals surface area contributed by atoms with Crippen LogP contribution >= 0.6 is 0 Å². The Hall–Kier alpha value is -0.860. The fraction of sp³-hybridized carbons (Fsp3) is 0.625. The summed E-state index contributed by atoms with van der Waals surface area (Å²) in [6.45, 7) is 8.03. The lowest BCUT2D eigenvalue weighted by atomic mass is 9.92. The van der Waals surface area contributed by atoms with Gasteiger partial charge in [-0.05, 0) is 45.7 Å². The molecule has 100 valence electrons. The van der Waals surface area contributed by atoms with Crippen molar-refractivity contribution >= 4 is 0 Å². The molecule has 18 heavy (non-hydrogen) atoms. The monoisotopic (exact) mass is 246 g/mol. The normalized spacial score (nSPS) is 26.9. The van der Waals surface area contributed by atoms with E-state index in [0.29, 0.717) is 6.04 Å². The van der Waals surface area contributed by atoms with Gasteiger partial charge < -0.3 is 5.73 Å². The highest BCUT2D eigenvalue weighted by atomic mass is 15.2. The maximum absolute atomic E-state index is 6.46. The maximum atomic E-state index is 6.46. The van der Waals surface area contributed by atoms with E-state index in [1.54, 1.807) is 0 Å². The second-order valence-corrected chi connectivity index (χ2v) is 6.38. The van der Waals surface area contributed by atoms with E-state index in [-0.39, 0.29) is 11.6 Å². The first-order chi connectivity index (χ1) is 8.50. The Kier molecular flexibility index (Phi) is 4.08. The van der Waals surface area contributed by atoms with Gasteiger partial charge in [-0.15, -0.1) is 0 Å². The van der Waals surface area contributed by atoms with Crippen LogP contribution in [-0.2, 0) is 0 Å². The number of nitrogens with zero attached hydrogens (tertiary/aromatic N) is 1. The Morgan fingerprint density at radius 3 is 2.39 bits per heavy atom. The molecule has 1 aromatic rings. The van der Waals surface area contributed by atoms with Crippen molar-refractivity contribution < 1.29 is 0 Å². The van der Waals surface area contributed by atoms with E-state index < -0.39 is 0 Å². The molecule has 2 unspecified atom stereocenters. The van der Waals surface area contributed by atoms with Crippen LogP contribution in [0.4, 0.5) is 0 Å². The van der Waals surface area contributed by atoms with E-state index in [1.165, 1.54) is 18.4 Å². The Labute approximate surface area is 111 Å². The molecule has 0 spiro atoms. The third-order valence-electron chi connectivity index (χ3n) is 3.93. The van der Waals surface area contributed by atoms with Crippen LogP contribution in [0.25, 0.3) is 0 Å². The lowest BCUT2D eigenvalue weighted by molar-refractivity contribution is 0.0755. The molecule has 2 rings (SSSR count). The van der Waals surface area contributed by atoms with Gasteiger partial charge in [-0.3, -0.25) is 4.90 Å². The standard InChI is InChI=1S/C16H26N2/c1-16(2,3)18-12-8-7-11-14(17)15(18)13-9-5-4-6-10-13/h4-6,9-10,14-15H,7-8,11-12,17H2,1-3H3. The van der Waals surface area contributed by atoms with Gasteiger partial charge in [0.1, 0.15) is 0 Å². The summed E-state index contributed by atoms with van der Waals surface area (Å²) in [5.74, 6) is 0. The van der Waals surface area contributed by atoms with Crippen LogP contribution in [0.1, 0.15) is 51.6 Å². The molecule has 0 aromatic heterocycles. The molecule has 1 aromatic carbocycles. The van der Waals surface area contributed by atoms with Gasteiger partial charge >= 0.3 is 0 Å². The van der Waals surface area contributed by atoms with Gasteiger partial charge in [0.25, 0.3) is 0 Å². The largest absolute Gasteiger partial charge is 0.326 e. The molecular formula is C16H26N2. The van der Waals surface area contributed by atoms with Gasteiger partial charge in [0.2, 0.25) is 0 Å². The summed E-state index contributed by atoms with van der Waals surface area (Å²) >= 11 is 0. The molecular weight excluding hydrogens is 220 g/mol. The van der Waals surface area contributed by atoms with Gasteiger partial charge in [0.05, 0.1) is 6.04 Å². The lowest BCUT2D eigenvalue weighted by Gasteiger charge is -2.43. The summed E-state index contributed by atoms with van der Waals surface area (Å²) in [6, 6.07) is 11.3. The minimum Gasteiger partial charge on any atom is -0.326 e. The van der Waals surface area contributed by atoms with Crippen LogP contribution in [0.3, 0.4) is 0 Å². The Balaban J connectivity index is 2.35. The van der Waals surface area contributed by atoms with Crippen molar-refractivity contribution in [1.29, 1.82) is 0 Å². The zero-order valence-corrected chi connectivity index (χ0v) is 11.9. The van der Waals surface area contributed by atoms with E-state index in [4.69, 9.17) is 5.73 Å². The summed E-state index contributed by atoms with van der Waals surface area (Å²) in [5.41, 5.74) is 7.99. The fourth-order valence-electron chi connectivity index (χ4n) is 3.02. The van der Waals surface area contributed by atoms with Crippen LogP contribution in [0.15, 0.2) is 30.3 Å². The number of likely N-dealkylation sites (tertiary alicyclic amines) is 1. The molecule has 0 amide bonds. The van der Waals surface area contributed by atoms with Gasteiger partial charge in [-0.1, -0.05) is 36.8 Å². The third-order valence-corrected chi connectivity index (χ3v) is 3.93. The Morgan fingerprint density at radius 1 is 1.11 bits per heavy atom. The van der Waals surface area contributed by atoms with Crippen molar-refractivity contribution in [1.82, 2.24) is 4.90 Å². The highest BCUT2D eigenvalue weighted by molar-refractivity contribution is 5.21. The smallest absolute Gasteiger partial charge is 0.0504 e. The number of hydrogen-bond donors (Lipinski definition) is 1. The molecule has 1 heterocycles. The highest BCUT2D eigenvalue weighted by Crippen LogP contribution is 2.34. The maximum Gasteiger partial charge on any atom is 0.0504 e. The highest BCUT2D eigenvalue weighted by Gasteiger charge is 2.34. The number of nitrogens with two attached hydrogens (primary N) is 1. The predicted octanol–water partition coefficient (Wildman–Crippen LogP) is 3.34. The quantitative estimate of drug-likeness (QED) is 0.823. The topological polar surface area (TPSA) is 29.3 Å². The molecule has 0 saturated carbocycles. The molecule has 2 nitrogen and oxygen atoms in total. The zero-order chi connectivity index (χ0) is 13.2. The second-order valence-electron chi connectivity index (χ2n) is 6.38. The van der Waals surface area contributed by atoms with Crippen molar-refractivity contribution in [3.8, 4) is 0 Å². The number of hydrogen-bond acceptors (Lipinski definition) is 2. The fourth-order valence-corrected chi connectivity index (χ4v) is 3.02. The molecule has 2 heteroatoms. The Morgan fingerprint density at radius 2 is 1.78 bits per heavy atom. The first kappa shape index (κ1) is 13.6. The van der Waals surface area contributed by atoms with E-state index in [1.807, 2.05) is 0 Å². The summed E-state index contributed by atoms with van der Waals surface area (Å²) in [4.78, 5) is 2.58. The zero-order valence-electron chi connectivity index (χ0n) is 11.9. The van der Waals surface area contributed by atoms with Gasteiger partial charge in [-0.25, -0.2) is 0 Å². The first-order valence-electron chi connectivity index (χ1n) is 7.07. The van der Waals surface area contributed by atoms with E-state index in [0.717, 1.165) is 13.0 Å². The van der Waals surface area contributed by atoms with Crippen LogP contribution < -0.4 is 5.73 Å². The van der Waals surface area contributed by atoms with Gasteiger partial charge in [0, 0.05) is 11.6 Å². The van der Waals surface area contributed by atoms with Crippen LogP contribution in [-0.4, -0.2) is 23.0 Å². The average Bonchev–Trinajstić information content (AvgIpc) is 2.51. The number of rotatable bonds is 1. The van der Waals surface area contributed by atoms with E-state index >= 15 is 0 Å². The molecule has 2 atom stereocenters. The van der Waals surface area contributed by atoms with Crippen LogP contribution in [0.2, 0.25) is 0 Å². The van der Waals surface area contributed by atoms with Gasteiger partial charge in [0.15, 0.2) is 0 Å². The summed E-state index contributed by atoms with van der Waals surface area (Å²) in [6.07, 6.45) is 3.64. The molecule has 1 saturated heterocycles.